The predicted octanol–water partition coefficient (Wildman–Crippen LogP) is 3.84. The SMILES string of the molecule is NC(c1cc(Br)c(Br)s1)C(F)(F)F. The van der Waals surface area contributed by atoms with Crippen LogP contribution in [-0.2, 0) is 0 Å². The summed E-state index contributed by atoms with van der Waals surface area (Å²) in [5, 5.41) is 0. The first-order chi connectivity index (χ1) is 5.82. The Morgan fingerprint density at radius 3 is 2.23 bits per heavy atom. The summed E-state index contributed by atoms with van der Waals surface area (Å²) in [5.41, 5.74) is 5.00. The minimum atomic E-state index is -4.39. The summed E-state index contributed by atoms with van der Waals surface area (Å²) in [7, 11) is 0. The molecule has 1 rings (SSSR count). The third kappa shape index (κ3) is 2.68. The zero-order valence-corrected chi connectivity index (χ0v) is 10.0. The number of hydrogen-bond donors (Lipinski definition) is 1. The highest BCUT2D eigenvalue weighted by Gasteiger charge is 2.39. The summed E-state index contributed by atoms with van der Waals surface area (Å²) in [6.07, 6.45) is -4.39. The van der Waals surface area contributed by atoms with E-state index in [0.717, 1.165) is 11.3 Å². The molecule has 0 saturated heterocycles. The lowest BCUT2D eigenvalue weighted by molar-refractivity contribution is -0.148. The highest BCUT2D eigenvalue weighted by molar-refractivity contribution is 9.13. The van der Waals surface area contributed by atoms with Crippen LogP contribution in [0.25, 0.3) is 0 Å². The van der Waals surface area contributed by atoms with Gasteiger partial charge in [0.1, 0.15) is 6.04 Å². The number of rotatable bonds is 1. The molecule has 0 aliphatic rings. The van der Waals surface area contributed by atoms with E-state index in [1.165, 1.54) is 6.07 Å². The average molecular weight is 339 g/mol. The van der Waals surface area contributed by atoms with Gasteiger partial charge in [-0.05, 0) is 37.9 Å². The number of halogens is 5. The molecule has 1 atom stereocenters. The Morgan fingerprint density at radius 2 is 1.92 bits per heavy atom. The van der Waals surface area contributed by atoms with Gasteiger partial charge >= 0.3 is 6.18 Å². The first-order valence-electron chi connectivity index (χ1n) is 3.09. The van der Waals surface area contributed by atoms with E-state index in [1.54, 1.807) is 0 Å². The van der Waals surface area contributed by atoms with Gasteiger partial charge in [-0.3, -0.25) is 0 Å². The molecule has 7 heteroatoms. The fourth-order valence-corrected chi connectivity index (χ4v) is 2.79. The van der Waals surface area contributed by atoms with Gasteiger partial charge in [-0.1, -0.05) is 0 Å². The maximum atomic E-state index is 12.1. The van der Waals surface area contributed by atoms with Crippen molar-refractivity contribution >= 4 is 43.2 Å². The van der Waals surface area contributed by atoms with Gasteiger partial charge in [-0.2, -0.15) is 13.2 Å². The van der Waals surface area contributed by atoms with Crippen molar-refractivity contribution < 1.29 is 13.2 Å². The number of nitrogens with two attached hydrogens (primary N) is 1. The van der Waals surface area contributed by atoms with Crippen LogP contribution >= 0.6 is 43.2 Å². The van der Waals surface area contributed by atoms with E-state index in [2.05, 4.69) is 31.9 Å². The van der Waals surface area contributed by atoms with Gasteiger partial charge in [0, 0.05) is 9.35 Å². The summed E-state index contributed by atoms with van der Waals surface area (Å²) in [4.78, 5) is 0.0891. The fraction of sp³-hybridized carbons (Fsp3) is 0.333. The van der Waals surface area contributed by atoms with Gasteiger partial charge in [0.2, 0.25) is 0 Å². The van der Waals surface area contributed by atoms with Gasteiger partial charge in [-0.25, -0.2) is 0 Å². The van der Waals surface area contributed by atoms with Gasteiger partial charge in [0.15, 0.2) is 0 Å². The highest BCUT2D eigenvalue weighted by atomic mass is 79.9. The van der Waals surface area contributed by atoms with E-state index < -0.39 is 12.2 Å². The van der Waals surface area contributed by atoms with Crippen LogP contribution in [0.3, 0.4) is 0 Å². The average Bonchev–Trinajstić information content (AvgIpc) is 2.29. The molecule has 0 aromatic carbocycles. The molecule has 0 amide bonds. The van der Waals surface area contributed by atoms with Crippen molar-refractivity contribution in [3.8, 4) is 0 Å². The van der Waals surface area contributed by atoms with Gasteiger partial charge in [0.05, 0.1) is 3.79 Å². The first kappa shape index (κ1) is 11.5. The van der Waals surface area contributed by atoms with E-state index in [9.17, 15) is 13.2 Å². The van der Waals surface area contributed by atoms with E-state index in [1.807, 2.05) is 0 Å². The Kier molecular flexibility index (Phi) is 3.43. The molecule has 1 aromatic heterocycles. The van der Waals surface area contributed by atoms with Gasteiger partial charge in [-0.15, -0.1) is 11.3 Å². The molecule has 74 valence electrons. The van der Waals surface area contributed by atoms with Crippen LogP contribution < -0.4 is 5.73 Å². The molecular formula is C6H4Br2F3NS. The molecule has 0 aliphatic carbocycles. The van der Waals surface area contributed by atoms with Crippen LogP contribution in [0.5, 0.6) is 0 Å². The smallest absolute Gasteiger partial charge is 0.316 e. The molecule has 1 unspecified atom stereocenters. The Morgan fingerprint density at radius 1 is 1.38 bits per heavy atom. The van der Waals surface area contributed by atoms with Crippen LogP contribution in [-0.4, -0.2) is 6.18 Å². The zero-order valence-electron chi connectivity index (χ0n) is 6.03. The van der Waals surface area contributed by atoms with Crippen LogP contribution in [0, 0.1) is 0 Å². The monoisotopic (exact) mass is 337 g/mol. The Balaban J connectivity index is 2.96. The van der Waals surface area contributed by atoms with E-state index >= 15 is 0 Å². The zero-order chi connectivity index (χ0) is 10.2. The minimum Gasteiger partial charge on any atom is -0.316 e. The second kappa shape index (κ2) is 3.88. The van der Waals surface area contributed by atoms with E-state index in [-0.39, 0.29) is 4.88 Å². The highest BCUT2D eigenvalue weighted by Crippen LogP contribution is 2.39. The van der Waals surface area contributed by atoms with Crippen LogP contribution in [0.2, 0.25) is 0 Å². The molecule has 0 fully saturated rings. The minimum absolute atomic E-state index is 0.0891. The molecule has 1 nitrogen and oxygen atoms in total. The number of hydrogen-bond acceptors (Lipinski definition) is 2. The normalized spacial score (nSPS) is 14.6. The standard InChI is InChI=1S/C6H4Br2F3NS/c7-2-1-3(13-5(2)8)4(12)6(9,10)11/h1,4H,12H2. The molecule has 0 radical (unpaired) electrons. The summed E-state index contributed by atoms with van der Waals surface area (Å²) < 4.78 is 37.6. The lowest BCUT2D eigenvalue weighted by atomic mass is 10.2. The summed E-state index contributed by atoms with van der Waals surface area (Å²) in [6.45, 7) is 0. The van der Waals surface area contributed by atoms with Crippen molar-refractivity contribution in [1.82, 2.24) is 0 Å². The van der Waals surface area contributed by atoms with E-state index in [4.69, 9.17) is 5.73 Å². The molecule has 1 heterocycles. The molecule has 13 heavy (non-hydrogen) atoms. The van der Waals surface area contributed by atoms with Crippen molar-refractivity contribution in [3.05, 3.63) is 19.2 Å². The largest absolute Gasteiger partial charge is 0.408 e. The van der Waals surface area contributed by atoms with Crippen molar-refractivity contribution in [1.29, 1.82) is 0 Å². The maximum absolute atomic E-state index is 12.1. The van der Waals surface area contributed by atoms with Gasteiger partial charge in [0.25, 0.3) is 0 Å². The lowest BCUT2D eigenvalue weighted by Crippen LogP contribution is -2.27. The van der Waals surface area contributed by atoms with Crippen LogP contribution in [0.15, 0.2) is 14.3 Å². The van der Waals surface area contributed by atoms with Crippen molar-refractivity contribution in [3.63, 3.8) is 0 Å². The van der Waals surface area contributed by atoms with Crippen molar-refractivity contribution in [2.45, 2.75) is 12.2 Å². The molecule has 0 spiro atoms. The lowest BCUT2D eigenvalue weighted by Gasteiger charge is -2.12. The summed E-state index contributed by atoms with van der Waals surface area (Å²) in [5.74, 6) is 0. The second-order valence-electron chi connectivity index (χ2n) is 2.29. The summed E-state index contributed by atoms with van der Waals surface area (Å²) >= 11 is 7.17. The molecule has 2 N–H and O–H groups in total. The van der Waals surface area contributed by atoms with Crippen LogP contribution in [0.4, 0.5) is 13.2 Å². The third-order valence-electron chi connectivity index (χ3n) is 1.32. The summed E-state index contributed by atoms with van der Waals surface area (Å²) in [6, 6.07) is -0.535. The maximum Gasteiger partial charge on any atom is 0.408 e. The molecular weight excluding hydrogens is 335 g/mol. The number of alkyl halides is 3. The molecule has 1 aromatic rings. The van der Waals surface area contributed by atoms with Crippen molar-refractivity contribution in [2.24, 2.45) is 5.73 Å². The topological polar surface area (TPSA) is 26.0 Å². The van der Waals surface area contributed by atoms with Crippen molar-refractivity contribution in [2.75, 3.05) is 0 Å². The van der Waals surface area contributed by atoms with E-state index in [0.29, 0.717) is 8.26 Å². The third-order valence-corrected chi connectivity index (χ3v) is 4.66. The fourth-order valence-electron chi connectivity index (χ4n) is 0.678. The second-order valence-corrected chi connectivity index (χ2v) is 5.55. The Bertz CT molecular complexity index is 290. The van der Waals surface area contributed by atoms with Crippen LogP contribution in [0.1, 0.15) is 10.9 Å². The van der Waals surface area contributed by atoms with Gasteiger partial charge < -0.3 is 5.73 Å². The Hall–Kier alpha value is 0.410. The predicted molar refractivity (Wildman–Crippen MR) is 52.7 cm³/mol. The first-order valence-corrected chi connectivity index (χ1v) is 5.49. The number of thiophene rings is 1. The molecule has 0 aliphatic heterocycles. The Labute approximate surface area is 93.4 Å². The quantitative estimate of drug-likeness (QED) is 0.827. The molecule has 0 saturated carbocycles. The molecule has 0 bridgehead atoms.